The molecule has 0 spiro atoms. The second-order valence-corrected chi connectivity index (χ2v) is 6.00. The third-order valence-corrected chi connectivity index (χ3v) is 4.06. The SMILES string of the molecule is OC(CNCC1CN(c2ccc(-c3ccncc3)nn2)C1)C(F)(F)F. The Morgan fingerprint density at radius 3 is 2.48 bits per heavy atom. The Hall–Kier alpha value is -2.26. The summed E-state index contributed by atoms with van der Waals surface area (Å²) in [6.45, 7) is 1.32. The Balaban J connectivity index is 1.44. The molecule has 1 unspecified atom stereocenters. The molecule has 0 bridgehead atoms. The highest BCUT2D eigenvalue weighted by Gasteiger charge is 2.38. The predicted octanol–water partition coefficient (Wildman–Crippen LogP) is 1.49. The van der Waals surface area contributed by atoms with Gasteiger partial charge in [-0.25, -0.2) is 0 Å². The maximum absolute atomic E-state index is 12.2. The predicted molar refractivity (Wildman–Crippen MR) is 85.9 cm³/mol. The van der Waals surface area contributed by atoms with E-state index in [1.807, 2.05) is 29.2 Å². The lowest BCUT2D eigenvalue weighted by atomic mass is 10.00. The van der Waals surface area contributed by atoms with Crippen molar-refractivity contribution in [1.82, 2.24) is 20.5 Å². The first-order valence-corrected chi connectivity index (χ1v) is 7.88. The molecule has 3 rings (SSSR count). The van der Waals surface area contributed by atoms with Crippen LogP contribution in [-0.2, 0) is 0 Å². The summed E-state index contributed by atoms with van der Waals surface area (Å²) in [5.74, 6) is 0.964. The molecule has 2 N–H and O–H groups in total. The number of pyridine rings is 1. The third kappa shape index (κ3) is 4.43. The van der Waals surface area contributed by atoms with Crippen molar-refractivity contribution in [3.8, 4) is 11.3 Å². The molecule has 0 radical (unpaired) electrons. The Bertz CT molecular complexity index is 674. The van der Waals surface area contributed by atoms with Gasteiger partial charge in [-0.15, -0.1) is 10.2 Å². The molecule has 1 aliphatic heterocycles. The van der Waals surface area contributed by atoms with Crippen LogP contribution in [0.4, 0.5) is 19.0 Å². The number of hydrogen-bond donors (Lipinski definition) is 2. The fourth-order valence-electron chi connectivity index (χ4n) is 2.60. The summed E-state index contributed by atoms with van der Waals surface area (Å²) in [5, 5.41) is 20.0. The van der Waals surface area contributed by atoms with Gasteiger partial charge in [0.25, 0.3) is 0 Å². The summed E-state index contributed by atoms with van der Waals surface area (Å²) in [4.78, 5) is 5.97. The molecule has 0 aliphatic carbocycles. The first-order chi connectivity index (χ1) is 11.9. The molecule has 134 valence electrons. The lowest BCUT2D eigenvalue weighted by Crippen LogP contribution is -2.52. The molecule has 2 aromatic rings. The molecule has 0 saturated carbocycles. The van der Waals surface area contributed by atoms with E-state index in [4.69, 9.17) is 5.11 Å². The van der Waals surface area contributed by atoms with Crippen molar-refractivity contribution in [2.75, 3.05) is 31.1 Å². The number of nitrogens with one attached hydrogen (secondary N) is 1. The molecule has 0 aromatic carbocycles. The highest BCUT2D eigenvalue weighted by Crippen LogP contribution is 2.24. The standard InChI is InChI=1S/C16H18F3N5O/c17-16(18,19)14(25)8-21-7-11-9-24(10-11)15-2-1-13(22-23-15)12-3-5-20-6-4-12/h1-6,11,14,21,25H,7-10H2. The smallest absolute Gasteiger partial charge is 0.382 e. The van der Waals surface area contributed by atoms with E-state index in [9.17, 15) is 13.2 Å². The summed E-state index contributed by atoms with van der Waals surface area (Å²) in [5.41, 5.74) is 1.69. The molecule has 1 atom stereocenters. The lowest BCUT2D eigenvalue weighted by Gasteiger charge is -2.40. The summed E-state index contributed by atoms with van der Waals surface area (Å²) < 4.78 is 36.6. The number of aromatic nitrogens is 3. The molecular weight excluding hydrogens is 335 g/mol. The van der Waals surface area contributed by atoms with E-state index in [-0.39, 0.29) is 5.92 Å². The molecule has 6 nitrogen and oxygen atoms in total. The van der Waals surface area contributed by atoms with Gasteiger partial charge in [-0.05, 0) is 24.3 Å². The molecule has 1 fully saturated rings. The summed E-state index contributed by atoms with van der Waals surface area (Å²) in [6.07, 6.45) is -3.53. The average molecular weight is 353 g/mol. The van der Waals surface area contributed by atoms with Gasteiger partial charge in [-0.1, -0.05) is 0 Å². The number of nitrogens with zero attached hydrogens (tertiary/aromatic N) is 4. The Morgan fingerprint density at radius 2 is 1.88 bits per heavy atom. The summed E-state index contributed by atoms with van der Waals surface area (Å²) in [6, 6.07) is 7.46. The number of aliphatic hydroxyl groups excluding tert-OH is 1. The van der Waals surface area contributed by atoms with Crippen LogP contribution in [0.25, 0.3) is 11.3 Å². The normalized spacial score (nSPS) is 16.6. The number of rotatable bonds is 6. The average Bonchev–Trinajstić information content (AvgIpc) is 2.57. The van der Waals surface area contributed by atoms with Gasteiger partial charge in [0.1, 0.15) is 0 Å². The van der Waals surface area contributed by atoms with Crippen LogP contribution in [0.3, 0.4) is 0 Å². The van der Waals surface area contributed by atoms with Crippen molar-refractivity contribution in [3.05, 3.63) is 36.7 Å². The first kappa shape index (κ1) is 17.6. The fourth-order valence-corrected chi connectivity index (χ4v) is 2.60. The second-order valence-electron chi connectivity index (χ2n) is 6.00. The largest absolute Gasteiger partial charge is 0.415 e. The molecule has 3 heterocycles. The fraction of sp³-hybridized carbons (Fsp3) is 0.438. The zero-order valence-corrected chi connectivity index (χ0v) is 13.3. The van der Waals surface area contributed by atoms with E-state index in [1.165, 1.54) is 0 Å². The van der Waals surface area contributed by atoms with Crippen molar-refractivity contribution < 1.29 is 18.3 Å². The van der Waals surface area contributed by atoms with Crippen LogP contribution in [0.5, 0.6) is 0 Å². The number of aliphatic hydroxyl groups is 1. The van der Waals surface area contributed by atoms with Crippen LogP contribution in [-0.4, -0.2) is 58.7 Å². The van der Waals surface area contributed by atoms with E-state index < -0.39 is 18.8 Å². The van der Waals surface area contributed by atoms with Crippen LogP contribution in [0.2, 0.25) is 0 Å². The number of alkyl halides is 3. The molecule has 1 saturated heterocycles. The van der Waals surface area contributed by atoms with Gasteiger partial charge in [0, 0.05) is 50.1 Å². The maximum Gasteiger partial charge on any atom is 0.415 e. The monoisotopic (exact) mass is 353 g/mol. The third-order valence-electron chi connectivity index (χ3n) is 4.06. The Labute approximate surface area is 142 Å². The molecule has 0 amide bonds. The van der Waals surface area contributed by atoms with Crippen LogP contribution < -0.4 is 10.2 Å². The minimum Gasteiger partial charge on any atom is -0.382 e. The highest BCUT2D eigenvalue weighted by molar-refractivity contribution is 5.59. The van der Waals surface area contributed by atoms with Gasteiger partial charge >= 0.3 is 6.18 Å². The van der Waals surface area contributed by atoms with Gasteiger partial charge in [-0.3, -0.25) is 4.98 Å². The molecule has 2 aromatic heterocycles. The van der Waals surface area contributed by atoms with Crippen LogP contribution in [0, 0.1) is 5.92 Å². The molecular formula is C16H18F3N5O. The summed E-state index contributed by atoms with van der Waals surface area (Å²) in [7, 11) is 0. The van der Waals surface area contributed by atoms with Crippen molar-refractivity contribution in [1.29, 1.82) is 0 Å². The minimum atomic E-state index is -4.58. The zero-order chi connectivity index (χ0) is 17.9. The molecule has 9 heteroatoms. The van der Waals surface area contributed by atoms with E-state index in [0.29, 0.717) is 19.6 Å². The van der Waals surface area contributed by atoms with Crippen LogP contribution in [0.1, 0.15) is 0 Å². The van der Waals surface area contributed by atoms with Gasteiger partial charge in [-0.2, -0.15) is 13.2 Å². The molecule has 1 aliphatic rings. The van der Waals surface area contributed by atoms with E-state index >= 15 is 0 Å². The number of hydrogen-bond acceptors (Lipinski definition) is 6. The number of halogens is 3. The van der Waals surface area contributed by atoms with Crippen molar-refractivity contribution in [3.63, 3.8) is 0 Å². The van der Waals surface area contributed by atoms with E-state index in [2.05, 4.69) is 20.5 Å². The van der Waals surface area contributed by atoms with Gasteiger partial charge in [0.15, 0.2) is 11.9 Å². The van der Waals surface area contributed by atoms with Crippen LogP contribution in [0.15, 0.2) is 36.7 Å². The van der Waals surface area contributed by atoms with Crippen LogP contribution >= 0.6 is 0 Å². The molecule has 25 heavy (non-hydrogen) atoms. The minimum absolute atomic E-state index is 0.224. The van der Waals surface area contributed by atoms with Gasteiger partial charge in [0.05, 0.1) is 5.69 Å². The van der Waals surface area contributed by atoms with Gasteiger partial charge in [0.2, 0.25) is 0 Å². The second kappa shape index (κ2) is 7.32. The topological polar surface area (TPSA) is 74.2 Å². The highest BCUT2D eigenvalue weighted by atomic mass is 19.4. The van der Waals surface area contributed by atoms with E-state index in [1.54, 1.807) is 12.4 Å². The Morgan fingerprint density at radius 1 is 1.16 bits per heavy atom. The zero-order valence-electron chi connectivity index (χ0n) is 13.3. The van der Waals surface area contributed by atoms with Crippen molar-refractivity contribution in [2.45, 2.75) is 12.3 Å². The Kier molecular flexibility index (Phi) is 5.14. The quantitative estimate of drug-likeness (QED) is 0.820. The van der Waals surface area contributed by atoms with Crippen molar-refractivity contribution in [2.24, 2.45) is 5.92 Å². The van der Waals surface area contributed by atoms with Gasteiger partial charge < -0.3 is 15.3 Å². The number of anilines is 1. The van der Waals surface area contributed by atoms with Crippen molar-refractivity contribution >= 4 is 5.82 Å². The maximum atomic E-state index is 12.2. The summed E-state index contributed by atoms with van der Waals surface area (Å²) >= 11 is 0. The first-order valence-electron chi connectivity index (χ1n) is 7.88. The van der Waals surface area contributed by atoms with E-state index in [0.717, 1.165) is 17.1 Å². The lowest BCUT2D eigenvalue weighted by molar-refractivity contribution is -0.201.